The van der Waals surface area contributed by atoms with E-state index in [0.29, 0.717) is 6.04 Å². The van der Waals surface area contributed by atoms with Crippen molar-refractivity contribution in [3.05, 3.63) is 156 Å². The summed E-state index contributed by atoms with van der Waals surface area (Å²) in [4.78, 5) is 18.1. The highest BCUT2D eigenvalue weighted by Crippen LogP contribution is 2.22. The summed E-state index contributed by atoms with van der Waals surface area (Å²) < 4.78 is 4.64. The van der Waals surface area contributed by atoms with Gasteiger partial charge in [-0.1, -0.05) is 78.6 Å². The van der Waals surface area contributed by atoms with Crippen LogP contribution in [0.2, 0.25) is 0 Å². The van der Waals surface area contributed by atoms with Gasteiger partial charge >= 0.3 is 0 Å². The van der Waals surface area contributed by atoms with E-state index in [1.54, 1.807) is 12.4 Å². The third kappa shape index (κ3) is 8.89. The Hall–Kier alpha value is -5.98. The van der Waals surface area contributed by atoms with Crippen LogP contribution in [-0.4, -0.2) is 29.1 Å². The molecule has 7 aromatic rings. The maximum absolute atomic E-state index is 4.85. The molecule has 3 aromatic carbocycles. The number of para-hydroxylation sites is 4. The number of rotatable bonds is 8. The molecule has 0 radical (unpaired) electrons. The lowest BCUT2D eigenvalue weighted by molar-refractivity contribution is 0.584. The molecule has 0 atom stereocenters. The molecule has 4 heterocycles. The van der Waals surface area contributed by atoms with E-state index in [4.69, 9.17) is 9.97 Å². The third-order valence-corrected chi connectivity index (χ3v) is 8.10. The summed E-state index contributed by atoms with van der Waals surface area (Å²) in [7, 11) is 0. The third-order valence-electron chi connectivity index (χ3n) is 8.10. The fraction of sp³-hybridized carbons (Fsp3) is 0.209. The second-order valence-corrected chi connectivity index (χ2v) is 11.9. The molecule has 0 amide bonds. The first-order valence-corrected chi connectivity index (χ1v) is 16.9. The van der Waals surface area contributed by atoms with Crippen LogP contribution in [0.5, 0.6) is 0 Å². The fourth-order valence-electron chi connectivity index (χ4n) is 5.83. The van der Waals surface area contributed by atoms with Crippen molar-refractivity contribution in [3.63, 3.8) is 0 Å². The molecule has 0 saturated carbocycles. The maximum atomic E-state index is 4.85. The topological polar surface area (TPSA) is 61.4 Å². The number of nitrogens with zero attached hydrogens (tertiary/aromatic N) is 6. The van der Waals surface area contributed by atoms with Crippen molar-refractivity contribution >= 4 is 22.1 Å². The van der Waals surface area contributed by atoms with Gasteiger partial charge in [0.15, 0.2) is 0 Å². The summed E-state index contributed by atoms with van der Waals surface area (Å²) >= 11 is 0. The van der Waals surface area contributed by atoms with Crippen molar-refractivity contribution in [3.8, 4) is 23.7 Å². The molecule has 49 heavy (non-hydrogen) atoms. The van der Waals surface area contributed by atoms with E-state index in [9.17, 15) is 0 Å². The van der Waals surface area contributed by atoms with Crippen LogP contribution in [0.15, 0.2) is 128 Å². The standard InChI is InChI=1S/C24H21N3.C19H19N3/c1-2-10-20(11-3-1)17-19-27-23-15-6-5-14-22(23)26-24(27)16-7-4-12-21-13-8-9-18-25-21;1-15(2)22-18-12-5-4-11-17(18)21-19(22)13-6-3-9-16-10-7-8-14-20-16/h1-3,5-6,8-11,13-15,18H,7,16-17,19H2;4-5,7-8,10-12,14-15H,6,13H2,1-2H3. The Bertz CT molecular complexity index is 2210. The summed E-state index contributed by atoms with van der Waals surface area (Å²) in [6.45, 7) is 5.31. The number of pyridine rings is 2. The molecule has 0 unspecified atom stereocenters. The molecule has 0 bridgehead atoms. The zero-order valence-corrected chi connectivity index (χ0v) is 28.1. The fourth-order valence-corrected chi connectivity index (χ4v) is 5.83. The molecular formula is C43H40N6. The highest BCUT2D eigenvalue weighted by Gasteiger charge is 2.12. The van der Waals surface area contributed by atoms with Gasteiger partial charge in [-0.25, -0.2) is 19.9 Å². The smallest absolute Gasteiger partial charge is 0.113 e. The number of hydrogen-bond acceptors (Lipinski definition) is 4. The first kappa shape index (κ1) is 32.9. The second kappa shape index (κ2) is 16.7. The monoisotopic (exact) mass is 640 g/mol. The Morgan fingerprint density at radius 1 is 0.551 bits per heavy atom. The summed E-state index contributed by atoms with van der Waals surface area (Å²) in [6, 6.07) is 39.2. The van der Waals surface area contributed by atoms with Gasteiger partial charge in [0.1, 0.15) is 23.0 Å². The molecular weight excluding hydrogens is 601 g/mol. The number of imidazole rings is 2. The zero-order valence-electron chi connectivity index (χ0n) is 28.1. The van der Waals surface area contributed by atoms with E-state index < -0.39 is 0 Å². The van der Waals surface area contributed by atoms with E-state index in [2.05, 4.69) is 123 Å². The first-order valence-electron chi connectivity index (χ1n) is 16.9. The van der Waals surface area contributed by atoms with Crippen molar-refractivity contribution in [1.82, 2.24) is 29.1 Å². The van der Waals surface area contributed by atoms with Gasteiger partial charge in [-0.05, 0) is 86.2 Å². The number of hydrogen-bond donors (Lipinski definition) is 0. The van der Waals surface area contributed by atoms with Gasteiger partial charge in [-0.15, -0.1) is 0 Å². The van der Waals surface area contributed by atoms with Crippen LogP contribution in [0.3, 0.4) is 0 Å². The van der Waals surface area contributed by atoms with Crippen molar-refractivity contribution in [1.29, 1.82) is 0 Å². The van der Waals surface area contributed by atoms with Crippen LogP contribution >= 0.6 is 0 Å². The van der Waals surface area contributed by atoms with Gasteiger partial charge in [-0.3, -0.25) is 0 Å². The minimum Gasteiger partial charge on any atom is -0.328 e. The molecule has 0 N–H and O–H groups in total. The lowest BCUT2D eigenvalue weighted by Crippen LogP contribution is -2.06. The molecule has 242 valence electrons. The molecule has 7 rings (SSSR count). The Morgan fingerprint density at radius 2 is 1.08 bits per heavy atom. The number of aryl methyl sites for hydroxylation is 4. The molecule has 0 aliphatic rings. The normalized spacial score (nSPS) is 10.6. The van der Waals surface area contributed by atoms with Crippen LogP contribution in [-0.2, 0) is 25.8 Å². The molecule has 0 saturated heterocycles. The Morgan fingerprint density at radius 3 is 1.69 bits per heavy atom. The van der Waals surface area contributed by atoms with E-state index >= 15 is 0 Å². The van der Waals surface area contributed by atoms with Gasteiger partial charge in [0, 0.05) is 50.7 Å². The minimum atomic E-state index is 0.395. The largest absolute Gasteiger partial charge is 0.328 e. The van der Waals surface area contributed by atoms with Gasteiger partial charge in [-0.2, -0.15) is 0 Å². The summed E-state index contributed by atoms with van der Waals surface area (Å²) in [5.41, 5.74) is 7.49. The molecule has 6 heteroatoms. The van der Waals surface area contributed by atoms with Crippen molar-refractivity contribution in [2.24, 2.45) is 0 Å². The van der Waals surface area contributed by atoms with Crippen LogP contribution in [0.25, 0.3) is 22.1 Å². The van der Waals surface area contributed by atoms with E-state index in [-0.39, 0.29) is 0 Å². The van der Waals surface area contributed by atoms with Gasteiger partial charge < -0.3 is 9.13 Å². The molecule has 0 aliphatic carbocycles. The molecule has 4 aromatic heterocycles. The average molecular weight is 641 g/mol. The number of aromatic nitrogens is 6. The first-order chi connectivity index (χ1) is 24.2. The van der Waals surface area contributed by atoms with Crippen LogP contribution in [0.1, 0.15) is 61.3 Å². The number of benzene rings is 3. The van der Waals surface area contributed by atoms with Crippen LogP contribution in [0.4, 0.5) is 0 Å². The SMILES string of the molecule is C(#Cc1ccccn1)CCc1nc2ccccc2n1CCc1ccccc1.CC(C)n1c(CCC#Cc2ccccn2)nc2ccccc21. The van der Waals surface area contributed by atoms with E-state index in [1.807, 2.05) is 48.5 Å². The summed E-state index contributed by atoms with van der Waals surface area (Å²) in [5, 5.41) is 0. The Labute approximate surface area is 288 Å². The average Bonchev–Trinajstić information content (AvgIpc) is 3.70. The highest BCUT2D eigenvalue weighted by atomic mass is 15.1. The van der Waals surface area contributed by atoms with Gasteiger partial charge in [0.05, 0.1) is 22.1 Å². The Kier molecular flexibility index (Phi) is 11.2. The second-order valence-electron chi connectivity index (χ2n) is 11.9. The highest BCUT2D eigenvalue weighted by molar-refractivity contribution is 5.76. The Balaban J connectivity index is 0.000000174. The predicted octanol–water partition coefficient (Wildman–Crippen LogP) is 8.65. The van der Waals surface area contributed by atoms with E-state index in [0.717, 1.165) is 72.7 Å². The van der Waals surface area contributed by atoms with Crippen molar-refractivity contribution in [2.75, 3.05) is 0 Å². The lowest BCUT2D eigenvalue weighted by atomic mass is 10.1. The van der Waals surface area contributed by atoms with E-state index in [1.165, 1.54) is 16.6 Å². The summed E-state index contributed by atoms with van der Waals surface area (Å²) in [6.07, 6.45) is 7.77. The molecule has 0 fully saturated rings. The molecule has 6 nitrogen and oxygen atoms in total. The van der Waals surface area contributed by atoms with Gasteiger partial charge in [0.25, 0.3) is 0 Å². The lowest BCUT2D eigenvalue weighted by Gasteiger charge is -2.12. The maximum Gasteiger partial charge on any atom is 0.113 e. The quantitative estimate of drug-likeness (QED) is 0.156. The number of fused-ring (bicyclic) bond motifs is 2. The minimum absolute atomic E-state index is 0.395. The van der Waals surface area contributed by atoms with Crippen molar-refractivity contribution in [2.45, 2.75) is 58.5 Å². The van der Waals surface area contributed by atoms with Crippen LogP contribution < -0.4 is 0 Å². The molecule has 0 aliphatic heterocycles. The van der Waals surface area contributed by atoms with Crippen molar-refractivity contribution < 1.29 is 0 Å². The van der Waals surface area contributed by atoms with Crippen LogP contribution in [0, 0.1) is 23.7 Å². The molecule has 0 spiro atoms. The zero-order chi connectivity index (χ0) is 33.7. The predicted molar refractivity (Wildman–Crippen MR) is 199 cm³/mol. The van der Waals surface area contributed by atoms with Gasteiger partial charge in [0.2, 0.25) is 0 Å². The summed E-state index contributed by atoms with van der Waals surface area (Å²) in [5.74, 6) is 14.9.